The van der Waals surface area contributed by atoms with Gasteiger partial charge in [-0.2, -0.15) is 0 Å². The fraction of sp³-hybridized carbons (Fsp3) is 0.462. The van der Waals surface area contributed by atoms with Gasteiger partial charge in [-0.1, -0.05) is 11.6 Å². The van der Waals surface area contributed by atoms with Gasteiger partial charge in [-0.15, -0.1) is 0 Å². The van der Waals surface area contributed by atoms with Crippen molar-refractivity contribution in [1.29, 1.82) is 0 Å². The van der Waals surface area contributed by atoms with Gasteiger partial charge in [0, 0.05) is 19.6 Å². The molecular formula is C13H16ClFN2O2. The topological polar surface area (TPSA) is 41.6 Å². The van der Waals surface area contributed by atoms with Crippen molar-refractivity contribution in [1.82, 2.24) is 10.2 Å². The second-order valence-corrected chi connectivity index (χ2v) is 4.75. The third kappa shape index (κ3) is 4.08. The number of rotatable bonds is 3. The Morgan fingerprint density at radius 1 is 1.42 bits per heavy atom. The van der Waals surface area contributed by atoms with E-state index in [4.69, 9.17) is 16.3 Å². The van der Waals surface area contributed by atoms with Crippen molar-refractivity contribution in [3.8, 4) is 5.75 Å². The highest BCUT2D eigenvalue weighted by atomic mass is 35.5. The maximum Gasteiger partial charge on any atom is 0.260 e. The molecule has 0 atom stereocenters. The lowest BCUT2D eigenvalue weighted by atomic mass is 10.3. The molecule has 1 saturated heterocycles. The molecule has 1 heterocycles. The van der Waals surface area contributed by atoms with Gasteiger partial charge >= 0.3 is 0 Å². The van der Waals surface area contributed by atoms with E-state index in [0.717, 1.165) is 32.1 Å². The minimum atomic E-state index is -0.428. The smallest absolute Gasteiger partial charge is 0.260 e. The van der Waals surface area contributed by atoms with Crippen molar-refractivity contribution in [2.24, 2.45) is 0 Å². The lowest BCUT2D eigenvalue weighted by molar-refractivity contribution is -0.133. The number of amides is 1. The molecule has 1 aliphatic heterocycles. The Kier molecular flexibility index (Phi) is 4.99. The zero-order valence-corrected chi connectivity index (χ0v) is 11.3. The summed E-state index contributed by atoms with van der Waals surface area (Å²) in [6, 6.07) is 3.84. The lowest BCUT2D eigenvalue weighted by Gasteiger charge is -2.20. The summed E-state index contributed by atoms with van der Waals surface area (Å²) in [5, 5.41) is 3.40. The molecule has 1 fully saturated rings. The molecule has 0 aromatic heterocycles. The molecule has 6 heteroatoms. The summed E-state index contributed by atoms with van der Waals surface area (Å²) in [5.74, 6) is -0.185. The summed E-state index contributed by atoms with van der Waals surface area (Å²) < 4.78 is 18.2. The third-order valence-electron chi connectivity index (χ3n) is 2.94. The number of nitrogens with one attached hydrogen (secondary N) is 1. The van der Waals surface area contributed by atoms with Gasteiger partial charge in [0.1, 0.15) is 11.6 Å². The van der Waals surface area contributed by atoms with Gasteiger partial charge in [0.05, 0.1) is 5.02 Å². The molecule has 1 N–H and O–H groups in total. The first-order chi connectivity index (χ1) is 9.16. The largest absolute Gasteiger partial charge is 0.482 e. The van der Waals surface area contributed by atoms with Crippen LogP contribution < -0.4 is 10.1 Å². The molecule has 0 aliphatic carbocycles. The molecule has 1 aromatic rings. The van der Waals surface area contributed by atoms with Crippen LogP contribution in [0.4, 0.5) is 4.39 Å². The quantitative estimate of drug-likeness (QED) is 0.919. The second kappa shape index (κ2) is 6.73. The van der Waals surface area contributed by atoms with E-state index in [1.807, 2.05) is 0 Å². The Morgan fingerprint density at radius 3 is 3.05 bits per heavy atom. The van der Waals surface area contributed by atoms with Gasteiger partial charge in [0.25, 0.3) is 5.91 Å². The highest BCUT2D eigenvalue weighted by molar-refractivity contribution is 6.32. The van der Waals surface area contributed by atoms with E-state index >= 15 is 0 Å². The fourth-order valence-electron chi connectivity index (χ4n) is 1.92. The van der Waals surface area contributed by atoms with Crippen LogP contribution in [0.25, 0.3) is 0 Å². The molecule has 1 amide bonds. The number of nitrogens with zero attached hydrogens (tertiary/aromatic N) is 1. The fourth-order valence-corrected chi connectivity index (χ4v) is 2.14. The van der Waals surface area contributed by atoms with Crippen LogP contribution in [0.1, 0.15) is 6.42 Å². The molecule has 1 aliphatic rings. The number of carbonyl (C=O) groups excluding carboxylic acids is 1. The average molecular weight is 287 g/mol. The number of ether oxygens (including phenoxy) is 1. The molecule has 0 spiro atoms. The van der Waals surface area contributed by atoms with Crippen LogP contribution in [0.3, 0.4) is 0 Å². The van der Waals surface area contributed by atoms with Crippen molar-refractivity contribution in [2.45, 2.75) is 6.42 Å². The van der Waals surface area contributed by atoms with Gasteiger partial charge < -0.3 is 15.0 Å². The zero-order chi connectivity index (χ0) is 13.7. The maximum absolute atomic E-state index is 12.9. The van der Waals surface area contributed by atoms with Gasteiger partial charge in [-0.05, 0) is 31.2 Å². The number of halogens is 2. The first-order valence-corrected chi connectivity index (χ1v) is 6.61. The van der Waals surface area contributed by atoms with Crippen molar-refractivity contribution < 1.29 is 13.9 Å². The van der Waals surface area contributed by atoms with Gasteiger partial charge in [0.15, 0.2) is 6.61 Å². The number of carbonyl (C=O) groups is 1. The predicted octanol–water partition coefficient (Wildman–Crippen LogP) is 1.68. The number of benzene rings is 1. The van der Waals surface area contributed by atoms with Crippen molar-refractivity contribution in [3.63, 3.8) is 0 Å². The highest BCUT2D eigenvalue weighted by Gasteiger charge is 2.16. The Balaban J connectivity index is 1.88. The molecule has 1 aromatic carbocycles. The molecule has 104 valence electrons. The van der Waals surface area contributed by atoms with E-state index in [-0.39, 0.29) is 17.5 Å². The first kappa shape index (κ1) is 14.1. The minimum absolute atomic E-state index is 0.0780. The SMILES string of the molecule is O=C(COc1ccc(F)cc1Cl)N1CCCNCC1. The van der Waals surface area contributed by atoms with E-state index in [9.17, 15) is 9.18 Å². The summed E-state index contributed by atoms with van der Waals surface area (Å²) in [4.78, 5) is 13.7. The summed E-state index contributed by atoms with van der Waals surface area (Å²) in [5.41, 5.74) is 0. The van der Waals surface area contributed by atoms with E-state index < -0.39 is 5.82 Å². The zero-order valence-electron chi connectivity index (χ0n) is 10.5. The van der Waals surface area contributed by atoms with Crippen molar-refractivity contribution in [3.05, 3.63) is 29.0 Å². The van der Waals surface area contributed by atoms with Crippen LogP contribution >= 0.6 is 11.6 Å². The molecule has 2 rings (SSSR count). The molecule has 0 bridgehead atoms. The minimum Gasteiger partial charge on any atom is -0.482 e. The number of hydrogen-bond acceptors (Lipinski definition) is 3. The monoisotopic (exact) mass is 286 g/mol. The molecule has 0 radical (unpaired) electrons. The van der Waals surface area contributed by atoms with E-state index in [1.54, 1.807) is 4.90 Å². The molecule has 19 heavy (non-hydrogen) atoms. The Hall–Kier alpha value is -1.33. The van der Waals surface area contributed by atoms with Crippen LogP contribution in [0.5, 0.6) is 5.75 Å². The lowest BCUT2D eigenvalue weighted by Crippen LogP contribution is -2.37. The summed E-state index contributed by atoms with van der Waals surface area (Å²) in [6.07, 6.45) is 0.934. The Labute approximate surface area is 116 Å². The molecule has 0 unspecified atom stereocenters. The Morgan fingerprint density at radius 2 is 2.26 bits per heavy atom. The van der Waals surface area contributed by atoms with Gasteiger partial charge in [-0.25, -0.2) is 4.39 Å². The third-order valence-corrected chi connectivity index (χ3v) is 3.23. The molecule has 4 nitrogen and oxygen atoms in total. The van der Waals surface area contributed by atoms with Gasteiger partial charge in [-0.3, -0.25) is 4.79 Å². The normalized spacial score (nSPS) is 16.0. The van der Waals surface area contributed by atoms with Crippen LogP contribution in [0.2, 0.25) is 5.02 Å². The summed E-state index contributed by atoms with van der Waals surface area (Å²) in [7, 11) is 0. The van der Waals surface area contributed by atoms with Crippen LogP contribution in [0, 0.1) is 5.82 Å². The number of hydrogen-bond donors (Lipinski definition) is 1. The first-order valence-electron chi connectivity index (χ1n) is 6.23. The second-order valence-electron chi connectivity index (χ2n) is 4.35. The summed E-state index contributed by atoms with van der Waals surface area (Å²) >= 11 is 5.82. The standard InChI is InChI=1S/C13H16ClFN2O2/c14-11-8-10(15)2-3-12(11)19-9-13(18)17-6-1-4-16-5-7-17/h2-3,8,16H,1,4-7,9H2. The van der Waals surface area contributed by atoms with Crippen molar-refractivity contribution in [2.75, 3.05) is 32.8 Å². The molecule has 0 saturated carbocycles. The van der Waals surface area contributed by atoms with Crippen LogP contribution in [0.15, 0.2) is 18.2 Å². The predicted molar refractivity (Wildman–Crippen MR) is 71.0 cm³/mol. The average Bonchev–Trinajstić information content (AvgIpc) is 2.66. The van der Waals surface area contributed by atoms with Crippen molar-refractivity contribution >= 4 is 17.5 Å². The van der Waals surface area contributed by atoms with Crippen LogP contribution in [-0.2, 0) is 4.79 Å². The van der Waals surface area contributed by atoms with E-state index in [1.165, 1.54) is 12.1 Å². The molecular weight excluding hydrogens is 271 g/mol. The summed E-state index contributed by atoms with van der Waals surface area (Å²) in [6.45, 7) is 3.05. The van der Waals surface area contributed by atoms with Gasteiger partial charge in [0.2, 0.25) is 0 Å². The Bertz CT molecular complexity index is 448. The maximum atomic E-state index is 12.9. The van der Waals surface area contributed by atoms with Crippen LogP contribution in [-0.4, -0.2) is 43.6 Å². The highest BCUT2D eigenvalue weighted by Crippen LogP contribution is 2.24. The van der Waals surface area contributed by atoms with E-state index in [0.29, 0.717) is 12.3 Å². The van der Waals surface area contributed by atoms with E-state index in [2.05, 4.69) is 5.32 Å².